The van der Waals surface area contributed by atoms with E-state index in [4.69, 9.17) is 8.94 Å². The predicted molar refractivity (Wildman–Crippen MR) is 64.7 cm³/mol. The van der Waals surface area contributed by atoms with Crippen molar-refractivity contribution in [2.24, 2.45) is 0 Å². The number of nitrogens with zero attached hydrogens (tertiary/aromatic N) is 3. The highest BCUT2D eigenvalue weighted by Crippen LogP contribution is 2.21. The maximum atomic E-state index is 5.17. The first-order chi connectivity index (χ1) is 8.72. The van der Waals surface area contributed by atoms with Gasteiger partial charge in [0.05, 0.1) is 0 Å². The third kappa shape index (κ3) is 1.90. The number of hydrogen-bond acceptors (Lipinski definition) is 5. The Kier molecular flexibility index (Phi) is 2.44. The molecule has 18 heavy (non-hydrogen) atoms. The van der Waals surface area contributed by atoms with E-state index in [1.54, 1.807) is 6.92 Å². The van der Waals surface area contributed by atoms with Gasteiger partial charge in [0.1, 0.15) is 6.26 Å². The van der Waals surface area contributed by atoms with Crippen molar-refractivity contribution in [3.8, 4) is 23.0 Å². The van der Waals surface area contributed by atoms with E-state index in [1.165, 1.54) is 11.8 Å². The van der Waals surface area contributed by atoms with Crippen LogP contribution in [0.25, 0.3) is 23.0 Å². The van der Waals surface area contributed by atoms with Crippen LogP contribution in [-0.4, -0.2) is 15.1 Å². The lowest BCUT2D eigenvalue weighted by atomic mass is 10.1. The van der Waals surface area contributed by atoms with Gasteiger partial charge in [-0.1, -0.05) is 35.0 Å². The number of oxazole rings is 1. The number of hydrogen-bond donors (Lipinski definition) is 0. The molecule has 0 unspecified atom stereocenters. The summed E-state index contributed by atoms with van der Waals surface area (Å²) in [5, 5.41) is 3.93. The number of benzene rings is 1. The van der Waals surface area contributed by atoms with Gasteiger partial charge in [0.15, 0.2) is 11.6 Å². The monoisotopic (exact) mass is 241 g/mol. The van der Waals surface area contributed by atoms with Crippen molar-refractivity contribution in [1.82, 2.24) is 15.1 Å². The molecule has 2 heterocycles. The maximum absolute atomic E-state index is 5.17. The fraction of sp³-hybridized carbons (Fsp3) is 0.154. The lowest BCUT2D eigenvalue weighted by Crippen LogP contribution is -1.82. The quantitative estimate of drug-likeness (QED) is 0.690. The second-order valence-electron chi connectivity index (χ2n) is 4.04. The van der Waals surface area contributed by atoms with Crippen LogP contribution in [0.15, 0.2) is 39.5 Å². The smallest absolute Gasteiger partial charge is 0.280 e. The van der Waals surface area contributed by atoms with Crippen LogP contribution < -0.4 is 0 Å². The second-order valence-corrected chi connectivity index (χ2v) is 4.04. The largest absolute Gasteiger partial charge is 0.448 e. The van der Waals surface area contributed by atoms with Gasteiger partial charge in [-0.25, -0.2) is 4.98 Å². The van der Waals surface area contributed by atoms with E-state index in [2.05, 4.69) is 15.1 Å². The Morgan fingerprint density at radius 2 is 1.78 bits per heavy atom. The van der Waals surface area contributed by atoms with Crippen molar-refractivity contribution >= 4 is 0 Å². The summed E-state index contributed by atoms with van der Waals surface area (Å²) in [5.41, 5.74) is 2.66. The normalized spacial score (nSPS) is 10.8. The summed E-state index contributed by atoms with van der Waals surface area (Å²) in [4.78, 5) is 8.43. The highest BCUT2D eigenvalue weighted by Gasteiger charge is 2.13. The Labute approximate surface area is 103 Å². The van der Waals surface area contributed by atoms with Crippen LogP contribution in [-0.2, 0) is 0 Å². The Morgan fingerprint density at radius 3 is 2.44 bits per heavy atom. The molecular formula is C13H11N3O2. The van der Waals surface area contributed by atoms with Gasteiger partial charge < -0.3 is 8.94 Å². The van der Waals surface area contributed by atoms with E-state index in [-0.39, 0.29) is 0 Å². The minimum Gasteiger partial charge on any atom is -0.448 e. The second kappa shape index (κ2) is 4.10. The molecule has 0 fully saturated rings. The Balaban J connectivity index is 1.96. The minimum absolute atomic E-state index is 0.363. The van der Waals surface area contributed by atoms with Crippen molar-refractivity contribution < 1.29 is 8.94 Å². The summed E-state index contributed by atoms with van der Waals surface area (Å²) >= 11 is 0. The van der Waals surface area contributed by atoms with E-state index in [9.17, 15) is 0 Å². The molecule has 0 spiro atoms. The molecule has 90 valence electrons. The van der Waals surface area contributed by atoms with Gasteiger partial charge in [0.25, 0.3) is 5.89 Å². The molecule has 5 nitrogen and oxygen atoms in total. The van der Waals surface area contributed by atoms with Crippen LogP contribution in [0.2, 0.25) is 0 Å². The third-order valence-corrected chi connectivity index (χ3v) is 2.57. The van der Waals surface area contributed by atoms with Crippen LogP contribution in [0, 0.1) is 13.8 Å². The molecule has 0 saturated carbocycles. The molecule has 0 aliphatic heterocycles. The van der Waals surface area contributed by atoms with Crippen LogP contribution >= 0.6 is 0 Å². The molecule has 5 heteroatoms. The molecule has 1 aromatic carbocycles. The van der Waals surface area contributed by atoms with Crippen molar-refractivity contribution in [2.75, 3.05) is 0 Å². The summed E-state index contributed by atoms with van der Waals surface area (Å²) in [6.45, 7) is 3.80. The van der Waals surface area contributed by atoms with Crippen LogP contribution in [0.3, 0.4) is 0 Å². The maximum Gasteiger partial charge on any atom is 0.280 e. The highest BCUT2D eigenvalue weighted by molar-refractivity contribution is 5.57. The summed E-state index contributed by atoms with van der Waals surface area (Å²) in [5.74, 6) is 1.48. The molecule has 0 amide bonds. The summed E-state index contributed by atoms with van der Waals surface area (Å²) in [7, 11) is 0. The van der Waals surface area contributed by atoms with Crippen LogP contribution in [0.1, 0.15) is 11.5 Å². The van der Waals surface area contributed by atoms with Crippen LogP contribution in [0.5, 0.6) is 0 Å². The Morgan fingerprint density at radius 1 is 1.00 bits per heavy atom. The first kappa shape index (κ1) is 10.7. The molecule has 2 aromatic heterocycles. The third-order valence-electron chi connectivity index (χ3n) is 2.57. The fourth-order valence-electron chi connectivity index (χ4n) is 1.61. The number of rotatable bonds is 2. The summed E-state index contributed by atoms with van der Waals surface area (Å²) in [6, 6.07) is 7.92. The van der Waals surface area contributed by atoms with Crippen molar-refractivity contribution in [2.45, 2.75) is 13.8 Å². The highest BCUT2D eigenvalue weighted by atomic mass is 16.5. The van der Waals surface area contributed by atoms with E-state index < -0.39 is 0 Å². The summed E-state index contributed by atoms with van der Waals surface area (Å²) in [6.07, 6.45) is 1.50. The topological polar surface area (TPSA) is 65.0 Å². The molecule has 0 aliphatic rings. The average molecular weight is 241 g/mol. The van der Waals surface area contributed by atoms with Crippen molar-refractivity contribution in [3.63, 3.8) is 0 Å². The van der Waals surface area contributed by atoms with E-state index >= 15 is 0 Å². The van der Waals surface area contributed by atoms with Gasteiger partial charge in [-0.3, -0.25) is 0 Å². The van der Waals surface area contributed by atoms with E-state index in [1.807, 2.05) is 31.2 Å². The zero-order chi connectivity index (χ0) is 12.5. The van der Waals surface area contributed by atoms with Crippen LogP contribution in [0.4, 0.5) is 0 Å². The molecule has 0 radical (unpaired) electrons. The lowest BCUT2D eigenvalue weighted by Gasteiger charge is -1.94. The standard InChI is InChI=1S/C13H11N3O2/c1-8-3-5-10(6-4-8)12-15-13(18-16-12)11-7-17-9(2)14-11/h3-7H,1-2H3. The summed E-state index contributed by atoms with van der Waals surface area (Å²) < 4.78 is 10.3. The van der Waals surface area contributed by atoms with Gasteiger partial charge >= 0.3 is 0 Å². The van der Waals surface area contributed by atoms with Crippen molar-refractivity contribution in [1.29, 1.82) is 0 Å². The molecule has 0 bridgehead atoms. The Bertz CT molecular complexity index is 668. The molecule has 0 aliphatic carbocycles. The molecule has 0 atom stereocenters. The fourth-order valence-corrected chi connectivity index (χ4v) is 1.61. The zero-order valence-corrected chi connectivity index (χ0v) is 10.0. The molecule has 0 N–H and O–H groups in total. The lowest BCUT2D eigenvalue weighted by molar-refractivity contribution is 0.430. The first-order valence-corrected chi connectivity index (χ1v) is 5.55. The minimum atomic E-state index is 0.363. The van der Waals surface area contributed by atoms with Gasteiger partial charge in [-0.15, -0.1) is 0 Å². The van der Waals surface area contributed by atoms with Gasteiger partial charge in [-0.2, -0.15) is 4.98 Å². The Hall–Kier alpha value is -2.43. The van der Waals surface area contributed by atoms with Gasteiger partial charge in [0, 0.05) is 12.5 Å². The molecular weight excluding hydrogens is 230 g/mol. The first-order valence-electron chi connectivity index (χ1n) is 5.55. The van der Waals surface area contributed by atoms with Crippen molar-refractivity contribution in [3.05, 3.63) is 42.0 Å². The zero-order valence-electron chi connectivity index (χ0n) is 10.0. The number of aryl methyl sites for hydroxylation is 2. The average Bonchev–Trinajstić information content (AvgIpc) is 2.98. The van der Waals surface area contributed by atoms with Gasteiger partial charge in [0.2, 0.25) is 5.82 Å². The van der Waals surface area contributed by atoms with E-state index in [0.717, 1.165) is 5.56 Å². The van der Waals surface area contributed by atoms with E-state index in [0.29, 0.717) is 23.3 Å². The molecule has 3 aromatic rings. The SMILES string of the molecule is Cc1ccc(-c2noc(-c3coc(C)n3)n2)cc1. The predicted octanol–water partition coefficient (Wildman–Crippen LogP) is 3.01. The number of aromatic nitrogens is 3. The molecule has 0 saturated heterocycles. The molecule has 3 rings (SSSR count). The van der Waals surface area contributed by atoms with Gasteiger partial charge in [-0.05, 0) is 6.92 Å².